The van der Waals surface area contributed by atoms with Gasteiger partial charge in [-0.25, -0.2) is 4.79 Å². The van der Waals surface area contributed by atoms with Crippen molar-refractivity contribution >= 4 is 6.09 Å². The number of ether oxygens (including phenoxy) is 2. The number of alkyl carbamates (subject to hydrolysis) is 1. The molecule has 0 spiro atoms. The minimum absolute atomic E-state index is 0.332. The number of carbonyl (C=O) groups excluding carboxylic acids is 1. The van der Waals surface area contributed by atoms with E-state index in [9.17, 15) is 4.79 Å². The fourth-order valence-electron chi connectivity index (χ4n) is 2.67. The van der Waals surface area contributed by atoms with Gasteiger partial charge in [-0.15, -0.1) is 0 Å². The van der Waals surface area contributed by atoms with Crippen molar-refractivity contribution in [1.29, 1.82) is 0 Å². The monoisotopic (exact) mass is 328 g/mol. The van der Waals surface area contributed by atoms with Crippen molar-refractivity contribution in [3.05, 3.63) is 0 Å². The van der Waals surface area contributed by atoms with E-state index < -0.39 is 5.60 Å². The number of nitrogens with one attached hydrogen (secondary N) is 2. The third kappa shape index (κ3) is 8.56. The fraction of sp³-hybridized carbons (Fsp3) is 0.944. The molecule has 1 atom stereocenters. The average Bonchev–Trinajstić information content (AvgIpc) is 2.41. The first-order valence-electron chi connectivity index (χ1n) is 8.87. The van der Waals surface area contributed by atoms with Crippen molar-refractivity contribution in [2.24, 2.45) is 17.3 Å². The van der Waals surface area contributed by atoms with Crippen molar-refractivity contribution in [2.75, 3.05) is 32.8 Å². The van der Waals surface area contributed by atoms with Gasteiger partial charge in [0.15, 0.2) is 0 Å². The van der Waals surface area contributed by atoms with E-state index in [1.807, 2.05) is 20.8 Å². The molecule has 1 unspecified atom stereocenters. The van der Waals surface area contributed by atoms with Crippen LogP contribution in [0.2, 0.25) is 0 Å². The van der Waals surface area contributed by atoms with Crippen LogP contribution in [-0.4, -0.2) is 44.5 Å². The van der Waals surface area contributed by atoms with Gasteiger partial charge in [-0.3, -0.25) is 0 Å². The van der Waals surface area contributed by atoms with Crippen LogP contribution in [0.1, 0.15) is 54.4 Å². The van der Waals surface area contributed by atoms with Crippen molar-refractivity contribution in [3.63, 3.8) is 0 Å². The maximum Gasteiger partial charge on any atom is 0.407 e. The van der Waals surface area contributed by atoms with Gasteiger partial charge in [0, 0.05) is 26.3 Å². The summed E-state index contributed by atoms with van der Waals surface area (Å²) in [5, 5.41) is 6.50. The van der Waals surface area contributed by atoms with Gasteiger partial charge >= 0.3 is 6.09 Å². The van der Waals surface area contributed by atoms with E-state index in [2.05, 4.69) is 31.4 Å². The molecule has 1 fully saturated rings. The molecule has 23 heavy (non-hydrogen) atoms. The molecule has 0 aromatic rings. The second-order valence-electron chi connectivity index (χ2n) is 8.44. The molecule has 1 aliphatic rings. The largest absolute Gasteiger partial charge is 0.444 e. The standard InChI is InChI=1S/C18H36N2O3/c1-14(2)15(12-20-16(21)23-17(3,4)5)11-19-13-18(6)7-9-22-10-8-18/h14-15,19H,7-13H2,1-6H3,(H,20,21). The maximum absolute atomic E-state index is 11.8. The summed E-state index contributed by atoms with van der Waals surface area (Å²) < 4.78 is 10.7. The Morgan fingerprint density at radius 3 is 2.35 bits per heavy atom. The summed E-state index contributed by atoms with van der Waals surface area (Å²) in [6, 6.07) is 0. The Labute approximate surface area is 141 Å². The van der Waals surface area contributed by atoms with E-state index in [-0.39, 0.29) is 6.09 Å². The SMILES string of the molecule is CC(C)C(CNCC1(C)CCOCC1)CNC(=O)OC(C)(C)C. The van der Waals surface area contributed by atoms with E-state index >= 15 is 0 Å². The van der Waals surface area contributed by atoms with Gasteiger partial charge in [0.2, 0.25) is 0 Å². The zero-order valence-electron chi connectivity index (χ0n) is 15.8. The first-order valence-corrected chi connectivity index (χ1v) is 8.87. The van der Waals surface area contributed by atoms with E-state index in [0.717, 1.165) is 39.1 Å². The molecule has 1 amide bonds. The Balaban J connectivity index is 2.33. The van der Waals surface area contributed by atoms with Gasteiger partial charge in [0.25, 0.3) is 0 Å². The van der Waals surface area contributed by atoms with Gasteiger partial charge in [-0.1, -0.05) is 20.8 Å². The van der Waals surface area contributed by atoms with E-state index in [1.54, 1.807) is 0 Å². The summed E-state index contributed by atoms with van der Waals surface area (Å²) in [7, 11) is 0. The Kier molecular flexibility index (Phi) is 7.81. The Morgan fingerprint density at radius 1 is 1.22 bits per heavy atom. The summed E-state index contributed by atoms with van der Waals surface area (Å²) in [5.41, 5.74) is -0.119. The minimum atomic E-state index is -0.451. The van der Waals surface area contributed by atoms with Crippen molar-refractivity contribution < 1.29 is 14.3 Å². The highest BCUT2D eigenvalue weighted by Crippen LogP contribution is 2.28. The van der Waals surface area contributed by atoms with Crippen LogP contribution in [0, 0.1) is 17.3 Å². The number of carbonyl (C=O) groups is 1. The Hall–Kier alpha value is -0.810. The number of amides is 1. The molecule has 1 aliphatic heterocycles. The van der Waals surface area contributed by atoms with Crippen LogP contribution in [0.3, 0.4) is 0 Å². The zero-order chi connectivity index (χ0) is 17.5. The molecule has 0 bridgehead atoms. The predicted octanol–water partition coefficient (Wildman–Crippen LogP) is 3.19. The molecule has 1 heterocycles. The maximum atomic E-state index is 11.8. The lowest BCUT2D eigenvalue weighted by Crippen LogP contribution is -2.42. The van der Waals surface area contributed by atoms with E-state index in [4.69, 9.17) is 9.47 Å². The molecule has 0 aromatic heterocycles. The molecule has 0 aliphatic carbocycles. The molecule has 0 saturated carbocycles. The minimum Gasteiger partial charge on any atom is -0.444 e. The van der Waals surface area contributed by atoms with Crippen LogP contribution in [0.25, 0.3) is 0 Å². The van der Waals surface area contributed by atoms with Crippen molar-refractivity contribution in [2.45, 2.75) is 60.0 Å². The second-order valence-corrected chi connectivity index (χ2v) is 8.44. The topological polar surface area (TPSA) is 59.6 Å². The first kappa shape index (κ1) is 20.2. The van der Waals surface area contributed by atoms with Crippen LogP contribution in [-0.2, 0) is 9.47 Å². The third-order valence-corrected chi connectivity index (χ3v) is 4.51. The fourth-order valence-corrected chi connectivity index (χ4v) is 2.67. The molecule has 5 heteroatoms. The van der Waals surface area contributed by atoms with Crippen molar-refractivity contribution in [3.8, 4) is 0 Å². The van der Waals surface area contributed by atoms with Crippen LogP contribution < -0.4 is 10.6 Å². The number of hydrogen-bond donors (Lipinski definition) is 2. The summed E-state index contributed by atoms with van der Waals surface area (Å²) >= 11 is 0. The molecule has 0 radical (unpaired) electrons. The van der Waals surface area contributed by atoms with Crippen LogP contribution in [0.15, 0.2) is 0 Å². The summed E-state index contributed by atoms with van der Waals surface area (Å²) in [4.78, 5) is 11.8. The average molecular weight is 328 g/mol. The molecule has 0 aromatic carbocycles. The molecule has 1 rings (SSSR count). The van der Waals surface area contributed by atoms with Gasteiger partial charge in [0.1, 0.15) is 5.60 Å². The summed E-state index contributed by atoms with van der Waals surface area (Å²) in [5.74, 6) is 0.894. The normalized spacial score (nSPS) is 19.4. The van der Waals surface area contributed by atoms with E-state index in [1.165, 1.54) is 0 Å². The number of hydrogen-bond acceptors (Lipinski definition) is 4. The lowest BCUT2D eigenvalue weighted by molar-refractivity contribution is 0.0234. The smallest absolute Gasteiger partial charge is 0.407 e. The van der Waals surface area contributed by atoms with Gasteiger partial charge in [0.05, 0.1) is 0 Å². The second kappa shape index (κ2) is 8.88. The Bertz CT molecular complexity index is 358. The quantitative estimate of drug-likeness (QED) is 0.753. The highest BCUT2D eigenvalue weighted by Gasteiger charge is 2.27. The summed E-state index contributed by atoms with van der Waals surface area (Å²) in [6.07, 6.45) is 1.89. The highest BCUT2D eigenvalue weighted by atomic mass is 16.6. The van der Waals surface area contributed by atoms with Gasteiger partial charge in [-0.05, 0) is 57.4 Å². The summed E-state index contributed by atoms with van der Waals surface area (Å²) in [6.45, 7) is 16.6. The number of rotatable bonds is 7. The lowest BCUT2D eigenvalue weighted by atomic mass is 9.82. The molecule has 1 saturated heterocycles. The third-order valence-electron chi connectivity index (χ3n) is 4.51. The van der Waals surface area contributed by atoms with E-state index in [0.29, 0.717) is 23.8 Å². The zero-order valence-corrected chi connectivity index (χ0v) is 15.8. The van der Waals surface area contributed by atoms with Crippen LogP contribution >= 0.6 is 0 Å². The molecular weight excluding hydrogens is 292 g/mol. The Morgan fingerprint density at radius 2 is 1.83 bits per heavy atom. The van der Waals surface area contributed by atoms with Gasteiger partial charge < -0.3 is 20.1 Å². The van der Waals surface area contributed by atoms with Crippen LogP contribution in [0.5, 0.6) is 0 Å². The lowest BCUT2D eigenvalue weighted by Gasteiger charge is -2.34. The van der Waals surface area contributed by atoms with Crippen LogP contribution in [0.4, 0.5) is 4.79 Å². The molecule has 136 valence electrons. The van der Waals surface area contributed by atoms with Gasteiger partial charge in [-0.2, -0.15) is 0 Å². The molecule has 5 nitrogen and oxygen atoms in total. The highest BCUT2D eigenvalue weighted by molar-refractivity contribution is 5.67. The van der Waals surface area contributed by atoms with Crippen molar-refractivity contribution in [1.82, 2.24) is 10.6 Å². The first-order chi connectivity index (χ1) is 10.6. The predicted molar refractivity (Wildman–Crippen MR) is 93.6 cm³/mol. The molecular formula is C18H36N2O3. The molecule has 2 N–H and O–H groups in total.